The molecule has 0 aromatic carbocycles. The van der Waals surface area contributed by atoms with Crippen molar-refractivity contribution in [3.63, 3.8) is 0 Å². The lowest BCUT2D eigenvalue weighted by atomic mass is 9.93. The Morgan fingerprint density at radius 3 is 2.56 bits per heavy atom. The molecule has 1 heterocycles. The molecule has 2 saturated carbocycles. The van der Waals surface area contributed by atoms with Crippen LogP contribution in [0.4, 0.5) is 0 Å². The zero-order valence-corrected chi connectivity index (χ0v) is 11.5. The summed E-state index contributed by atoms with van der Waals surface area (Å²) in [5, 5.41) is 15.3. The molecule has 0 unspecified atom stereocenters. The molecule has 18 heavy (non-hydrogen) atoms. The molecule has 0 aromatic rings. The van der Waals surface area contributed by atoms with Crippen LogP contribution in [0.3, 0.4) is 0 Å². The average molecular weight is 251 g/mol. The SMILES string of the molecule is C[C@@H]1CCC[C@H](C)N1N[C@@H]1/C(=N/O)[C@H]2CC[C@H]1C2. The van der Waals surface area contributed by atoms with E-state index in [1.807, 2.05) is 0 Å². The van der Waals surface area contributed by atoms with E-state index in [0.29, 0.717) is 23.9 Å². The van der Waals surface area contributed by atoms with Crippen molar-refractivity contribution in [2.75, 3.05) is 0 Å². The third kappa shape index (κ3) is 1.95. The lowest BCUT2D eigenvalue weighted by Crippen LogP contribution is -2.58. The van der Waals surface area contributed by atoms with E-state index >= 15 is 0 Å². The minimum Gasteiger partial charge on any atom is -0.411 e. The molecule has 0 amide bonds. The molecule has 2 N–H and O–H groups in total. The maximum atomic E-state index is 9.25. The van der Waals surface area contributed by atoms with Gasteiger partial charge in [0.2, 0.25) is 0 Å². The summed E-state index contributed by atoms with van der Waals surface area (Å²) in [5.41, 5.74) is 4.70. The van der Waals surface area contributed by atoms with Gasteiger partial charge >= 0.3 is 0 Å². The van der Waals surface area contributed by atoms with E-state index in [2.05, 4.69) is 29.4 Å². The number of piperidine rings is 1. The highest BCUT2D eigenvalue weighted by Crippen LogP contribution is 2.43. The number of rotatable bonds is 2. The second-order valence-corrected chi connectivity index (χ2v) is 6.44. The predicted molar refractivity (Wildman–Crippen MR) is 71.6 cm³/mol. The maximum absolute atomic E-state index is 9.25. The van der Waals surface area contributed by atoms with Crippen LogP contribution < -0.4 is 5.43 Å². The molecule has 0 radical (unpaired) electrons. The Balaban J connectivity index is 1.72. The monoisotopic (exact) mass is 251 g/mol. The van der Waals surface area contributed by atoms with Crippen molar-refractivity contribution in [1.29, 1.82) is 0 Å². The summed E-state index contributed by atoms with van der Waals surface area (Å²) in [6.45, 7) is 4.59. The first-order valence-corrected chi connectivity index (χ1v) is 7.47. The highest BCUT2D eigenvalue weighted by Gasteiger charge is 2.46. The van der Waals surface area contributed by atoms with Crippen LogP contribution in [0.5, 0.6) is 0 Å². The zero-order chi connectivity index (χ0) is 12.7. The highest BCUT2D eigenvalue weighted by molar-refractivity contribution is 5.94. The minimum absolute atomic E-state index is 0.289. The van der Waals surface area contributed by atoms with E-state index in [-0.39, 0.29) is 6.04 Å². The molecule has 0 aromatic heterocycles. The van der Waals surface area contributed by atoms with Crippen LogP contribution in [0.1, 0.15) is 52.4 Å². The molecular weight excluding hydrogens is 226 g/mol. The van der Waals surface area contributed by atoms with Gasteiger partial charge in [0.05, 0.1) is 11.8 Å². The Morgan fingerprint density at radius 2 is 1.89 bits per heavy atom. The number of hydrazine groups is 1. The first-order chi connectivity index (χ1) is 8.70. The van der Waals surface area contributed by atoms with Crippen molar-refractivity contribution >= 4 is 5.71 Å². The summed E-state index contributed by atoms with van der Waals surface area (Å²) in [4.78, 5) is 0. The fourth-order valence-electron chi connectivity index (χ4n) is 4.23. The summed E-state index contributed by atoms with van der Waals surface area (Å²) in [6, 6.07) is 1.47. The smallest absolute Gasteiger partial charge is 0.0787 e. The zero-order valence-electron chi connectivity index (χ0n) is 11.5. The quantitative estimate of drug-likeness (QED) is 0.585. The van der Waals surface area contributed by atoms with Gasteiger partial charge in [-0.05, 0) is 51.9 Å². The van der Waals surface area contributed by atoms with Crippen LogP contribution in [0.25, 0.3) is 0 Å². The van der Waals surface area contributed by atoms with Gasteiger partial charge in [-0.3, -0.25) is 0 Å². The number of hydrogen-bond donors (Lipinski definition) is 2. The standard InChI is InChI=1S/C14H25N3O/c1-9-4-3-5-10(2)17(9)15-13-11-6-7-12(8-11)14(13)16-18/h9-13,15,18H,3-8H2,1-2H3/b16-14+/t9-,10+,11-,12-,13-/m0/s1. The average Bonchev–Trinajstić information content (AvgIpc) is 2.94. The van der Waals surface area contributed by atoms with Gasteiger partial charge < -0.3 is 5.21 Å². The summed E-state index contributed by atoms with van der Waals surface area (Å²) in [5.74, 6) is 1.22. The maximum Gasteiger partial charge on any atom is 0.0787 e. The van der Waals surface area contributed by atoms with Gasteiger partial charge in [-0.2, -0.15) is 0 Å². The summed E-state index contributed by atoms with van der Waals surface area (Å²) < 4.78 is 0. The number of hydrogen-bond acceptors (Lipinski definition) is 4. The normalized spacial score (nSPS) is 47.0. The fraction of sp³-hybridized carbons (Fsp3) is 0.929. The lowest BCUT2D eigenvalue weighted by Gasteiger charge is -2.42. The van der Waals surface area contributed by atoms with Gasteiger partial charge in [0.1, 0.15) is 0 Å². The fourth-order valence-corrected chi connectivity index (χ4v) is 4.23. The number of nitrogens with zero attached hydrogens (tertiary/aromatic N) is 2. The Hall–Kier alpha value is -0.610. The topological polar surface area (TPSA) is 47.9 Å². The molecular formula is C14H25N3O. The van der Waals surface area contributed by atoms with E-state index in [4.69, 9.17) is 0 Å². The molecule has 0 spiro atoms. The molecule has 2 bridgehead atoms. The predicted octanol–water partition coefficient (Wildman–Crippen LogP) is 2.38. The van der Waals surface area contributed by atoms with Crippen molar-refractivity contribution in [2.24, 2.45) is 17.0 Å². The van der Waals surface area contributed by atoms with E-state index < -0.39 is 0 Å². The Morgan fingerprint density at radius 1 is 1.17 bits per heavy atom. The second kappa shape index (κ2) is 4.82. The summed E-state index contributed by atoms with van der Waals surface area (Å²) in [6.07, 6.45) is 7.59. The molecule has 5 atom stereocenters. The molecule has 1 saturated heterocycles. The van der Waals surface area contributed by atoms with Crippen molar-refractivity contribution < 1.29 is 5.21 Å². The van der Waals surface area contributed by atoms with Crippen LogP contribution in [0, 0.1) is 11.8 Å². The molecule has 2 aliphatic carbocycles. The summed E-state index contributed by atoms with van der Waals surface area (Å²) in [7, 11) is 0. The Kier molecular flexibility index (Phi) is 3.32. The minimum atomic E-state index is 0.289. The van der Waals surface area contributed by atoms with Crippen LogP contribution in [-0.4, -0.2) is 34.1 Å². The van der Waals surface area contributed by atoms with Gasteiger partial charge in [-0.1, -0.05) is 11.6 Å². The number of fused-ring (bicyclic) bond motifs is 2. The number of nitrogens with one attached hydrogen (secondary N) is 1. The van der Waals surface area contributed by atoms with Crippen molar-refractivity contribution in [1.82, 2.24) is 10.4 Å². The largest absolute Gasteiger partial charge is 0.411 e. The van der Waals surface area contributed by atoms with Crippen LogP contribution in [0.15, 0.2) is 5.16 Å². The van der Waals surface area contributed by atoms with E-state index in [1.54, 1.807) is 0 Å². The third-order valence-electron chi connectivity index (χ3n) is 5.28. The van der Waals surface area contributed by atoms with Crippen molar-refractivity contribution in [3.8, 4) is 0 Å². The van der Waals surface area contributed by atoms with Crippen molar-refractivity contribution in [2.45, 2.75) is 70.5 Å². The van der Waals surface area contributed by atoms with E-state index in [0.717, 1.165) is 5.71 Å². The lowest BCUT2D eigenvalue weighted by molar-refractivity contribution is 0.0318. The highest BCUT2D eigenvalue weighted by atomic mass is 16.4. The van der Waals surface area contributed by atoms with Gasteiger partial charge in [0.15, 0.2) is 0 Å². The molecule has 4 nitrogen and oxygen atoms in total. The van der Waals surface area contributed by atoms with Gasteiger partial charge in [0.25, 0.3) is 0 Å². The molecule has 4 heteroatoms. The Labute approximate surface area is 109 Å². The molecule has 3 rings (SSSR count). The molecule has 102 valence electrons. The first-order valence-electron chi connectivity index (χ1n) is 7.47. The first kappa shape index (κ1) is 12.4. The Bertz CT molecular complexity index is 334. The van der Waals surface area contributed by atoms with Crippen LogP contribution in [0.2, 0.25) is 0 Å². The van der Waals surface area contributed by atoms with E-state index in [1.165, 1.54) is 38.5 Å². The van der Waals surface area contributed by atoms with Crippen molar-refractivity contribution in [3.05, 3.63) is 0 Å². The van der Waals surface area contributed by atoms with Gasteiger partial charge in [-0.15, -0.1) is 0 Å². The van der Waals surface area contributed by atoms with Gasteiger partial charge in [0, 0.05) is 18.0 Å². The van der Waals surface area contributed by atoms with Crippen LogP contribution in [-0.2, 0) is 0 Å². The summed E-state index contributed by atoms with van der Waals surface area (Å²) >= 11 is 0. The van der Waals surface area contributed by atoms with Gasteiger partial charge in [-0.25, -0.2) is 10.4 Å². The second-order valence-electron chi connectivity index (χ2n) is 6.44. The van der Waals surface area contributed by atoms with Crippen LogP contribution >= 0.6 is 0 Å². The third-order valence-corrected chi connectivity index (χ3v) is 5.28. The molecule has 1 aliphatic heterocycles. The molecule has 3 aliphatic rings. The van der Waals surface area contributed by atoms with E-state index in [9.17, 15) is 5.21 Å². The molecule has 3 fully saturated rings. The number of oxime groups is 1.